The van der Waals surface area contributed by atoms with E-state index < -0.39 is 11.7 Å². The molecule has 0 aliphatic carbocycles. The van der Waals surface area contributed by atoms with Crippen molar-refractivity contribution in [1.29, 1.82) is 0 Å². The van der Waals surface area contributed by atoms with Crippen molar-refractivity contribution in [3.63, 3.8) is 0 Å². The van der Waals surface area contributed by atoms with Crippen LogP contribution in [0.3, 0.4) is 0 Å². The van der Waals surface area contributed by atoms with Crippen molar-refractivity contribution in [2.75, 3.05) is 13.1 Å². The van der Waals surface area contributed by atoms with Gasteiger partial charge >= 0.3 is 0 Å². The molecular formula is C12H16ClFN2O. The average molecular weight is 259 g/mol. The highest BCUT2D eigenvalue weighted by atomic mass is 35.5. The number of amides is 1. The summed E-state index contributed by atoms with van der Waals surface area (Å²) < 4.78 is 13.4. The van der Waals surface area contributed by atoms with Gasteiger partial charge in [0.25, 0.3) is 5.91 Å². The summed E-state index contributed by atoms with van der Waals surface area (Å²) in [4.78, 5) is 11.7. The van der Waals surface area contributed by atoms with Crippen LogP contribution < -0.4 is 11.1 Å². The van der Waals surface area contributed by atoms with Crippen LogP contribution in [0.5, 0.6) is 0 Å². The van der Waals surface area contributed by atoms with Crippen LogP contribution in [0.4, 0.5) is 4.39 Å². The molecule has 0 atom stereocenters. The van der Waals surface area contributed by atoms with Crippen molar-refractivity contribution < 1.29 is 9.18 Å². The van der Waals surface area contributed by atoms with Gasteiger partial charge < -0.3 is 11.1 Å². The van der Waals surface area contributed by atoms with E-state index in [9.17, 15) is 9.18 Å². The van der Waals surface area contributed by atoms with Gasteiger partial charge in [-0.3, -0.25) is 4.79 Å². The van der Waals surface area contributed by atoms with Gasteiger partial charge in [-0.1, -0.05) is 24.1 Å². The van der Waals surface area contributed by atoms with E-state index >= 15 is 0 Å². The number of halogens is 2. The molecule has 0 unspecified atom stereocenters. The highest BCUT2D eigenvalue weighted by Crippen LogP contribution is 2.18. The lowest BCUT2D eigenvalue weighted by atomic mass is 10.2. The van der Waals surface area contributed by atoms with E-state index in [1.807, 2.05) is 0 Å². The lowest BCUT2D eigenvalue weighted by Gasteiger charge is -2.07. The Bertz CT molecular complexity index is 365. The SMILES string of the molecule is NCCCCCNC(=O)c1c(F)cccc1Cl. The maximum Gasteiger partial charge on any atom is 0.255 e. The van der Waals surface area contributed by atoms with Gasteiger partial charge in [-0.15, -0.1) is 0 Å². The fraction of sp³-hybridized carbons (Fsp3) is 0.417. The highest BCUT2D eigenvalue weighted by Gasteiger charge is 2.14. The van der Waals surface area contributed by atoms with Crippen LogP contribution in [-0.4, -0.2) is 19.0 Å². The van der Waals surface area contributed by atoms with Crippen molar-refractivity contribution >= 4 is 17.5 Å². The second-order valence-electron chi connectivity index (χ2n) is 3.70. The highest BCUT2D eigenvalue weighted by molar-refractivity contribution is 6.33. The molecule has 1 amide bonds. The second kappa shape index (κ2) is 7.25. The zero-order valence-corrected chi connectivity index (χ0v) is 10.3. The third-order valence-electron chi connectivity index (χ3n) is 2.36. The van der Waals surface area contributed by atoms with Crippen LogP contribution in [0.1, 0.15) is 29.6 Å². The molecule has 5 heteroatoms. The lowest BCUT2D eigenvalue weighted by Crippen LogP contribution is -2.25. The molecule has 0 radical (unpaired) electrons. The molecule has 0 bridgehead atoms. The van der Waals surface area contributed by atoms with E-state index in [0.29, 0.717) is 13.1 Å². The van der Waals surface area contributed by atoms with E-state index in [4.69, 9.17) is 17.3 Å². The molecule has 1 aromatic rings. The molecular weight excluding hydrogens is 243 g/mol. The van der Waals surface area contributed by atoms with Gasteiger partial charge in [0.2, 0.25) is 0 Å². The lowest BCUT2D eigenvalue weighted by molar-refractivity contribution is 0.0949. The Morgan fingerprint density at radius 1 is 1.35 bits per heavy atom. The average Bonchev–Trinajstić information content (AvgIpc) is 2.28. The Labute approximate surface area is 105 Å². The number of carbonyl (C=O) groups is 1. The minimum absolute atomic E-state index is 0.0898. The quantitative estimate of drug-likeness (QED) is 0.770. The van der Waals surface area contributed by atoms with Crippen LogP contribution in [0.2, 0.25) is 5.02 Å². The fourth-order valence-corrected chi connectivity index (χ4v) is 1.70. The summed E-state index contributed by atoms with van der Waals surface area (Å²) in [6, 6.07) is 4.18. The van der Waals surface area contributed by atoms with Crippen LogP contribution in [-0.2, 0) is 0 Å². The summed E-state index contributed by atoms with van der Waals surface area (Å²) in [5, 5.41) is 2.76. The zero-order valence-electron chi connectivity index (χ0n) is 9.51. The van der Waals surface area contributed by atoms with E-state index in [2.05, 4.69) is 5.32 Å². The summed E-state index contributed by atoms with van der Waals surface area (Å²) >= 11 is 5.77. The first-order valence-electron chi connectivity index (χ1n) is 5.59. The maximum atomic E-state index is 13.4. The number of nitrogens with two attached hydrogens (primary N) is 1. The standard InChI is InChI=1S/C12H16ClFN2O/c13-9-5-4-6-10(14)11(9)12(17)16-8-3-1-2-7-15/h4-6H,1-3,7-8,15H2,(H,16,17). The normalized spacial score (nSPS) is 10.3. The Morgan fingerprint density at radius 3 is 2.76 bits per heavy atom. The molecule has 0 fully saturated rings. The molecule has 0 heterocycles. The molecule has 0 aromatic heterocycles. The molecule has 17 heavy (non-hydrogen) atoms. The molecule has 1 rings (SSSR count). The van der Waals surface area contributed by atoms with Gasteiger partial charge in [0.05, 0.1) is 10.6 Å². The van der Waals surface area contributed by atoms with Crippen LogP contribution in [0.15, 0.2) is 18.2 Å². The summed E-state index contributed by atoms with van der Waals surface area (Å²) in [7, 11) is 0. The number of hydrogen-bond donors (Lipinski definition) is 2. The molecule has 94 valence electrons. The second-order valence-corrected chi connectivity index (χ2v) is 4.11. The van der Waals surface area contributed by atoms with Gasteiger partial charge in [-0.2, -0.15) is 0 Å². The number of benzene rings is 1. The van der Waals surface area contributed by atoms with Gasteiger partial charge in [0.15, 0.2) is 0 Å². The Morgan fingerprint density at radius 2 is 2.12 bits per heavy atom. The molecule has 1 aromatic carbocycles. The number of unbranched alkanes of at least 4 members (excludes halogenated alkanes) is 2. The summed E-state index contributed by atoms with van der Waals surface area (Å²) in [5.74, 6) is -1.07. The van der Waals surface area contributed by atoms with E-state index in [1.54, 1.807) is 0 Å². The molecule has 0 aliphatic rings. The van der Waals surface area contributed by atoms with Crippen LogP contribution >= 0.6 is 11.6 Å². The van der Waals surface area contributed by atoms with Crippen molar-refractivity contribution in [2.24, 2.45) is 5.73 Å². The van der Waals surface area contributed by atoms with Crippen molar-refractivity contribution in [2.45, 2.75) is 19.3 Å². The number of carbonyl (C=O) groups excluding carboxylic acids is 1. The third kappa shape index (κ3) is 4.32. The first-order valence-corrected chi connectivity index (χ1v) is 5.97. The fourth-order valence-electron chi connectivity index (χ4n) is 1.45. The van der Waals surface area contributed by atoms with Gasteiger partial charge in [0.1, 0.15) is 5.82 Å². The monoisotopic (exact) mass is 258 g/mol. The molecule has 3 N–H and O–H groups in total. The van der Waals surface area contributed by atoms with E-state index in [-0.39, 0.29) is 10.6 Å². The van der Waals surface area contributed by atoms with Crippen LogP contribution in [0.25, 0.3) is 0 Å². The van der Waals surface area contributed by atoms with Crippen molar-refractivity contribution in [1.82, 2.24) is 5.32 Å². The maximum absolute atomic E-state index is 13.4. The van der Waals surface area contributed by atoms with E-state index in [0.717, 1.165) is 19.3 Å². The zero-order chi connectivity index (χ0) is 12.7. The molecule has 0 saturated carbocycles. The molecule has 3 nitrogen and oxygen atoms in total. The molecule has 0 spiro atoms. The minimum atomic E-state index is -0.600. The summed E-state index contributed by atoms with van der Waals surface area (Å²) in [6.07, 6.45) is 2.70. The first-order chi connectivity index (χ1) is 8.16. The number of nitrogens with one attached hydrogen (secondary N) is 1. The van der Waals surface area contributed by atoms with E-state index in [1.165, 1.54) is 18.2 Å². The van der Waals surface area contributed by atoms with Gasteiger partial charge in [-0.05, 0) is 31.5 Å². The molecule has 0 aliphatic heterocycles. The van der Waals surface area contributed by atoms with Crippen molar-refractivity contribution in [3.8, 4) is 0 Å². The first kappa shape index (κ1) is 13.9. The Hall–Kier alpha value is -1.13. The summed E-state index contributed by atoms with van der Waals surface area (Å²) in [5.41, 5.74) is 5.26. The van der Waals surface area contributed by atoms with Gasteiger partial charge in [-0.25, -0.2) is 4.39 Å². The smallest absolute Gasteiger partial charge is 0.255 e. The van der Waals surface area contributed by atoms with Crippen LogP contribution in [0, 0.1) is 5.82 Å². The molecule has 0 saturated heterocycles. The third-order valence-corrected chi connectivity index (χ3v) is 2.67. The number of rotatable bonds is 6. The van der Waals surface area contributed by atoms with Gasteiger partial charge in [0, 0.05) is 6.54 Å². The predicted molar refractivity (Wildman–Crippen MR) is 66.6 cm³/mol. The summed E-state index contributed by atoms with van der Waals surface area (Å²) in [6.45, 7) is 1.15. The Balaban J connectivity index is 2.47. The minimum Gasteiger partial charge on any atom is -0.352 e. The number of hydrogen-bond acceptors (Lipinski definition) is 2. The topological polar surface area (TPSA) is 55.1 Å². The Kier molecular flexibility index (Phi) is 5.94. The van der Waals surface area contributed by atoms with Crippen molar-refractivity contribution in [3.05, 3.63) is 34.6 Å². The largest absolute Gasteiger partial charge is 0.352 e. The predicted octanol–water partition coefficient (Wildman–Crippen LogP) is 2.34.